The van der Waals surface area contributed by atoms with Crippen molar-refractivity contribution in [3.8, 4) is 0 Å². The van der Waals surface area contributed by atoms with Gasteiger partial charge in [-0.2, -0.15) is 5.10 Å². The highest BCUT2D eigenvalue weighted by Crippen LogP contribution is 2.18. The fourth-order valence-corrected chi connectivity index (χ4v) is 2.18. The minimum absolute atomic E-state index is 0.00390. The van der Waals surface area contributed by atoms with E-state index in [1.807, 2.05) is 0 Å². The summed E-state index contributed by atoms with van der Waals surface area (Å²) in [6, 6.07) is 4.60. The molecule has 9 heteroatoms. The van der Waals surface area contributed by atoms with Crippen molar-refractivity contribution < 1.29 is 13.6 Å². The Balaban J connectivity index is 1.95. The molecule has 0 aliphatic heterocycles. The van der Waals surface area contributed by atoms with Crippen LogP contribution in [0.3, 0.4) is 0 Å². The number of carbonyl (C=O) groups is 1. The van der Waals surface area contributed by atoms with E-state index in [9.17, 15) is 13.6 Å². The van der Waals surface area contributed by atoms with Crippen LogP contribution < -0.4 is 11.1 Å². The first kappa shape index (κ1) is 17.2. The summed E-state index contributed by atoms with van der Waals surface area (Å²) < 4.78 is 28.3. The maximum atomic E-state index is 13.8. The number of nitrogens with one attached hydrogen (secondary N) is 1. The number of aliphatic imine (C=N–C) groups is 1. The smallest absolute Gasteiger partial charge is 0.262 e. The van der Waals surface area contributed by atoms with E-state index in [1.54, 1.807) is 19.2 Å². The third-order valence-corrected chi connectivity index (χ3v) is 3.28. The molecule has 1 aromatic carbocycles. The lowest BCUT2D eigenvalue weighted by Crippen LogP contribution is -2.29. The van der Waals surface area contributed by atoms with Crippen molar-refractivity contribution in [2.45, 2.75) is 6.92 Å². The first-order chi connectivity index (χ1) is 12.4. The molecule has 7 nitrogen and oxygen atoms in total. The van der Waals surface area contributed by atoms with Crippen molar-refractivity contribution in [1.82, 2.24) is 19.9 Å². The minimum Gasteiger partial charge on any atom is -0.402 e. The molecule has 2 aromatic heterocycles. The van der Waals surface area contributed by atoms with E-state index in [1.165, 1.54) is 23.0 Å². The molecule has 0 aliphatic rings. The van der Waals surface area contributed by atoms with Crippen LogP contribution in [0, 0.1) is 11.6 Å². The van der Waals surface area contributed by atoms with Gasteiger partial charge in [-0.3, -0.25) is 4.79 Å². The van der Waals surface area contributed by atoms with Gasteiger partial charge in [-0.05, 0) is 31.2 Å². The Hall–Kier alpha value is -3.62. The van der Waals surface area contributed by atoms with Crippen LogP contribution in [0.2, 0.25) is 0 Å². The van der Waals surface area contributed by atoms with Crippen molar-refractivity contribution >= 4 is 23.1 Å². The van der Waals surface area contributed by atoms with Gasteiger partial charge in [0, 0.05) is 24.2 Å². The predicted octanol–water partition coefficient (Wildman–Crippen LogP) is 2.33. The normalized spacial score (nSPS) is 12.4. The van der Waals surface area contributed by atoms with Crippen LogP contribution in [0.4, 0.5) is 14.5 Å². The van der Waals surface area contributed by atoms with Gasteiger partial charge in [-0.15, -0.1) is 0 Å². The standard InChI is InChI=1S/C17H14F2N6O/c1-10(20)7-15(23-14-4-3-11(18)8-13(14)19)24-17(26)12-9-22-25-6-2-5-21-16(12)25/h2-9H,20H2,1H3,(H,23,24,26). The Morgan fingerprint density at radius 1 is 1.38 bits per heavy atom. The van der Waals surface area contributed by atoms with Gasteiger partial charge in [0.05, 0.1) is 6.20 Å². The number of halogens is 2. The highest BCUT2D eigenvalue weighted by Gasteiger charge is 2.15. The first-order valence-electron chi connectivity index (χ1n) is 7.51. The minimum atomic E-state index is -0.863. The maximum Gasteiger partial charge on any atom is 0.262 e. The van der Waals surface area contributed by atoms with Crippen LogP contribution in [0.25, 0.3) is 5.65 Å². The summed E-state index contributed by atoms with van der Waals surface area (Å²) in [4.78, 5) is 20.6. The fraction of sp³-hybridized carbons (Fsp3) is 0.0588. The van der Waals surface area contributed by atoms with Crippen molar-refractivity contribution in [1.29, 1.82) is 0 Å². The van der Waals surface area contributed by atoms with E-state index in [0.29, 0.717) is 17.4 Å². The monoisotopic (exact) mass is 356 g/mol. The molecule has 2 heterocycles. The fourth-order valence-electron chi connectivity index (χ4n) is 2.18. The Morgan fingerprint density at radius 2 is 2.19 bits per heavy atom. The summed E-state index contributed by atoms with van der Waals surface area (Å²) >= 11 is 0. The second-order valence-electron chi connectivity index (χ2n) is 5.38. The highest BCUT2D eigenvalue weighted by molar-refractivity contribution is 6.13. The quantitative estimate of drug-likeness (QED) is 0.556. The summed E-state index contributed by atoms with van der Waals surface area (Å²) in [6.07, 6.45) is 5.89. The van der Waals surface area contributed by atoms with Gasteiger partial charge in [0.15, 0.2) is 11.5 Å². The van der Waals surface area contributed by atoms with Crippen LogP contribution >= 0.6 is 0 Å². The van der Waals surface area contributed by atoms with E-state index in [-0.39, 0.29) is 17.1 Å². The molecular weight excluding hydrogens is 342 g/mol. The Bertz CT molecular complexity index is 1040. The molecule has 0 unspecified atom stereocenters. The molecule has 3 aromatic rings. The summed E-state index contributed by atoms with van der Waals surface area (Å²) in [5.74, 6) is -2.14. The molecule has 132 valence electrons. The van der Waals surface area contributed by atoms with Crippen molar-refractivity contribution in [2.24, 2.45) is 10.7 Å². The van der Waals surface area contributed by atoms with E-state index in [0.717, 1.165) is 12.1 Å². The molecule has 0 bridgehead atoms. The third kappa shape index (κ3) is 3.72. The van der Waals surface area contributed by atoms with E-state index < -0.39 is 17.5 Å². The molecule has 26 heavy (non-hydrogen) atoms. The zero-order valence-corrected chi connectivity index (χ0v) is 13.6. The second kappa shape index (κ2) is 7.09. The Labute approximate surface area is 146 Å². The molecule has 0 spiro atoms. The van der Waals surface area contributed by atoms with Crippen molar-refractivity contribution in [3.05, 3.63) is 71.8 Å². The number of amidine groups is 1. The number of aromatic nitrogens is 3. The predicted molar refractivity (Wildman–Crippen MR) is 91.9 cm³/mol. The second-order valence-corrected chi connectivity index (χ2v) is 5.38. The Morgan fingerprint density at radius 3 is 2.92 bits per heavy atom. The van der Waals surface area contributed by atoms with E-state index in [4.69, 9.17) is 5.73 Å². The molecular formula is C17H14F2N6O. The number of fused-ring (bicyclic) bond motifs is 1. The number of hydrogen-bond donors (Lipinski definition) is 2. The van der Waals surface area contributed by atoms with E-state index >= 15 is 0 Å². The highest BCUT2D eigenvalue weighted by atomic mass is 19.1. The number of amides is 1. The van der Waals surface area contributed by atoms with E-state index in [2.05, 4.69) is 20.4 Å². The number of carbonyl (C=O) groups excluding carboxylic acids is 1. The zero-order chi connectivity index (χ0) is 18.7. The maximum absolute atomic E-state index is 13.8. The van der Waals surface area contributed by atoms with Crippen LogP contribution in [-0.4, -0.2) is 26.3 Å². The van der Waals surface area contributed by atoms with Gasteiger partial charge in [0.2, 0.25) is 0 Å². The van der Waals surface area contributed by atoms with Crippen molar-refractivity contribution in [2.75, 3.05) is 0 Å². The number of nitrogens with two attached hydrogens (primary N) is 1. The Kier molecular flexibility index (Phi) is 4.70. The lowest BCUT2D eigenvalue weighted by molar-refractivity contribution is 0.0978. The lowest BCUT2D eigenvalue weighted by Gasteiger charge is -2.06. The number of benzene rings is 1. The SMILES string of the molecule is CC(N)=CC(=Nc1ccc(F)cc1F)NC(=O)c1cnn2cccnc12. The molecule has 1 amide bonds. The third-order valence-electron chi connectivity index (χ3n) is 3.28. The molecule has 0 saturated carbocycles. The van der Waals surface area contributed by atoms with Gasteiger partial charge in [-0.25, -0.2) is 23.3 Å². The molecule has 0 fully saturated rings. The molecule has 0 radical (unpaired) electrons. The first-order valence-corrected chi connectivity index (χ1v) is 7.51. The van der Waals surface area contributed by atoms with Crippen LogP contribution in [0.1, 0.15) is 17.3 Å². The summed E-state index contributed by atoms with van der Waals surface area (Å²) in [7, 11) is 0. The number of nitrogens with zero attached hydrogens (tertiary/aromatic N) is 4. The molecule has 3 rings (SSSR count). The molecule has 3 N–H and O–H groups in total. The zero-order valence-electron chi connectivity index (χ0n) is 13.6. The lowest BCUT2D eigenvalue weighted by atomic mass is 10.3. The number of rotatable bonds is 3. The number of hydrogen-bond acceptors (Lipinski definition) is 5. The summed E-state index contributed by atoms with van der Waals surface area (Å²) in [5, 5.41) is 6.56. The van der Waals surface area contributed by atoms with Gasteiger partial charge in [-0.1, -0.05) is 0 Å². The number of allylic oxidation sites excluding steroid dienone is 1. The molecule has 0 saturated heterocycles. The van der Waals surface area contributed by atoms with Gasteiger partial charge in [0.25, 0.3) is 5.91 Å². The van der Waals surface area contributed by atoms with Crippen molar-refractivity contribution in [3.63, 3.8) is 0 Å². The van der Waals surface area contributed by atoms with Crippen LogP contribution in [0.15, 0.2) is 59.6 Å². The van der Waals surface area contributed by atoms with Gasteiger partial charge in [0.1, 0.15) is 22.9 Å². The summed E-state index contributed by atoms with van der Waals surface area (Å²) in [6.45, 7) is 1.58. The average Bonchev–Trinajstić information content (AvgIpc) is 3.01. The largest absolute Gasteiger partial charge is 0.402 e. The molecule has 0 atom stereocenters. The van der Waals surface area contributed by atoms with Gasteiger partial charge < -0.3 is 11.1 Å². The summed E-state index contributed by atoms with van der Waals surface area (Å²) in [5.41, 5.74) is 6.40. The molecule has 0 aliphatic carbocycles. The van der Waals surface area contributed by atoms with Crippen LogP contribution in [0.5, 0.6) is 0 Å². The van der Waals surface area contributed by atoms with Gasteiger partial charge >= 0.3 is 0 Å². The topological polar surface area (TPSA) is 97.7 Å². The average molecular weight is 356 g/mol. The van der Waals surface area contributed by atoms with Crippen LogP contribution in [-0.2, 0) is 0 Å².